The molecule has 1 amide bonds. The Hall–Kier alpha value is -2.76. The number of halogens is 1. The van der Waals surface area contributed by atoms with Gasteiger partial charge in [-0.25, -0.2) is 4.39 Å². The van der Waals surface area contributed by atoms with Crippen molar-refractivity contribution < 1.29 is 18.7 Å². The van der Waals surface area contributed by atoms with Gasteiger partial charge in [0.25, 0.3) is 5.91 Å². The molecular weight excluding hydrogens is 359 g/mol. The predicted molar refractivity (Wildman–Crippen MR) is 108 cm³/mol. The van der Waals surface area contributed by atoms with E-state index in [9.17, 15) is 9.18 Å². The molecule has 0 N–H and O–H groups in total. The minimum atomic E-state index is -0.242. The number of carbonyl (C=O) groups is 1. The maximum atomic E-state index is 13.1. The lowest BCUT2D eigenvalue weighted by molar-refractivity contribution is 0.0746. The molecule has 2 aromatic rings. The van der Waals surface area contributed by atoms with Gasteiger partial charge >= 0.3 is 0 Å². The molecular formula is C22H27FN2O3. The van der Waals surface area contributed by atoms with Gasteiger partial charge in [0.15, 0.2) is 11.5 Å². The summed E-state index contributed by atoms with van der Waals surface area (Å²) in [5.41, 5.74) is 1.58. The number of nitrogens with zero attached hydrogens (tertiary/aromatic N) is 2. The molecule has 0 bridgehead atoms. The number of hydrogen-bond donors (Lipinski definition) is 0. The average Bonchev–Trinajstić information content (AvgIpc) is 2.73. The molecule has 0 unspecified atom stereocenters. The smallest absolute Gasteiger partial charge is 0.254 e. The molecule has 1 aliphatic heterocycles. The van der Waals surface area contributed by atoms with Crippen LogP contribution in [-0.4, -0.2) is 50.2 Å². The molecule has 1 heterocycles. The summed E-state index contributed by atoms with van der Waals surface area (Å²) in [7, 11) is 0. The minimum Gasteiger partial charge on any atom is -0.490 e. The molecule has 0 saturated carbocycles. The summed E-state index contributed by atoms with van der Waals surface area (Å²) in [6, 6.07) is 11.8. The molecule has 5 nitrogen and oxygen atoms in total. The van der Waals surface area contributed by atoms with Crippen molar-refractivity contribution in [1.29, 1.82) is 0 Å². The van der Waals surface area contributed by atoms with E-state index >= 15 is 0 Å². The summed E-state index contributed by atoms with van der Waals surface area (Å²) in [6.07, 6.45) is 0.907. The molecule has 1 fully saturated rings. The van der Waals surface area contributed by atoms with Gasteiger partial charge < -0.3 is 19.3 Å². The number of anilines is 1. The van der Waals surface area contributed by atoms with Gasteiger partial charge in [-0.2, -0.15) is 0 Å². The van der Waals surface area contributed by atoms with Gasteiger partial charge in [0.2, 0.25) is 0 Å². The van der Waals surface area contributed by atoms with Crippen LogP contribution < -0.4 is 14.4 Å². The van der Waals surface area contributed by atoms with Crippen LogP contribution in [0.4, 0.5) is 10.1 Å². The highest BCUT2D eigenvalue weighted by Crippen LogP contribution is 2.29. The Bertz CT molecular complexity index is 787. The number of ether oxygens (including phenoxy) is 2. The summed E-state index contributed by atoms with van der Waals surface area (Å²) in [5, 5.41) is 0. The van der Waals surface area contributed by atoms with Crippen molar-refractivity contribution in [1.82, 2.24) is 4.90 Å². The molecule has 0 atom stereocenters. The first-order valence-electron chi connectivity index (χ1n) is 9.81. The Labute approximate surface area is 165 Å². The quantitative estimate of drug-likeness (QED) is 0.722. The maximum absolute atomic E-state index is 13.1. The second-order valence-electron chi connectivity index (χ2n) is 6.70. The highest BCUT2D eigenvalue weighted by molar-refractivity contribution is 5.95. The minimum absolute atomic E-state index is 0.0123. The Kier molecular flexibility index (Phi) is 6.74. The van der Waals surface area contributed by atoms with Gasteiger partial charge in [-0.1, -0.05) is 6.92 Å². The second-order valence-corrected chi connectivity index (χ2v) is 6.70. The van der Waals surface area contributed by atoms with Crippen molar-refractivity contribution in [3.05, 3.63) is 53.8 Å². The van der Waals surface area contributed by atoms with Crippen LogP contribution in [0.15, 0.2) is 42.5 Å². The van der Waals surface area contributed by atoms with Gasteiger partial charge in [-0.15, -0.1) is 0 Å². The largest absolute Gasteiger partial charge is 0.490 e. The van der Waals surface area contributed by atoms with Gasteiger partial charge in [0.05, 0.1) is 13.2 Å². The first-order chi connectivity index (χ1) is 13.6. The van der Waals surface area contributed by atoms with Crippen LogP contribution in [0.5, 0.6) is 11.5 Å². The fourth-order valence-electron chi connectivity index (χ4n) is 3.24. The fraction of sp³-hybridized carbons (Fsp3) is 0.409. The van der Waals surface area contributed by atoms with E-state index in [1.807, 2.05) is 24.8 Å². The van der Waals surface area contributed by atoms with E-state index in [2.05, 4.69) is 4.90 Å². The Morgan fingerprint density at radius 1 is 0.964 bits per heavy atom. The van der Waals surface area contributed by atoms with Gasteiger partial charge in [0, 0.05) is 37.4 Å². The predicted octanol–water partition coefficient (Wildman–Crippen LogP) is 3.98. The normalized spacial score (nSPS) is 14.1. The first-order valence-corrected chi connectivity index (χ1v) is 9.81. The molecule has 1 aliphatic rings. The molecule has 0 spiro atoms. The Balaban J connectivity index is 1.65. The Morgan fingerprint density at radius 2 is 1.68 bits per heavy atom. The number of rotatable bonds is 7. The Morgan fingerprint density at radius 3 is 2.32 bits per heavy atom. The number of amides is 1. The molecule has 0 aliphatic carbocycles. The van der Waals surface area contributed by atoms with Crippen LogP contribution in [0, 0.1) is 5.82 Å². The van der Waals surface area contributed by atoms with Crippen LogP contribution in [0.2, 0.25) is 0 Å². The number of piperazine rings is 1. The van der Waals surface area contributed by atoms with E-state index in [1.165, 1.54) is 12.1 Å². The van der Waals surface area contributed by atoms with E-state index in [4.69, 9.17) is 9.47 Å². The topological polar surface area (TPSA) is 42.0 Å². The summed E-state index contributed by atoms with van der Waals surface area (Å²) < 4.78 is 24.5. The van der Waals surface area contributed by atoms with Crippen molar-refractivity contribution in [2.45, 2.75) is 20.3 Å². The molecule has 6 heteroatoms. The zero-order valence-electron chi connectivity index (χ0n) is 16.5. The lowest BCUT2D eigenvalue weighted by Gasteiger charge is -2.36. The summed E-state index contributed by atoms with van der Waals surface area (Å²) in [5.74, 6) is 1.02. The van der Waals surface area contributed by atoms with Crippen molar-refractivity contribution in [2.75, 3.05) is 44.3 Å². The highest BCUT2D eigenvalue weighted by Gasteiger charge is 2.23. The average molecular weight is 386 g/mol. The van der Waals surface area contributed by atoms with Crippen molar-refractivity contribution >= 4 is 11.6 Å². The van der Waals surface area contributed by atoms with Gasteiger partial charge in [0.1, 0.15) is 5.82 Å². The summed E-state index contributed by atoms with van der Waals surface area (Å²) >= 11 is 0. The SMILES string of the molecule is CCCOc1ccc(C(=O)N2CCN(c3ccc(F)cc3)CC2)cc1OCC. The van der Waals surface area contributed by atoms with Gasteiger partial charge in [-0.05, 0) is 55.8 Å². The van der Waals surface area contributed by atoms with E-state index < -0.39 is 0 Å². The van der Waals surface area contributed by atoms with Crippen LogP contribution in [0.1, 0.15) is 30.6 Å². The summed E-state index contributed by atoms with van der Waals surface area (Å²) in [6.45, 7) is 7.75. The third-order valence-corrected chi connectivity index (χ3v) is 4.71. The van der Waals surface area contributed by atoms with E-state index in [1.54, 1.807) is 24.3 Å². The van der Waals surface area contributed by atoms with E-state index in [0.29, 0.717) is 56.5 Å². The molecule has 150 valence electrons. The van der Waals surface area contributed by atoms with Crippen LogP contribution in [0.3, 0.4) is 0 Å². The molecule has 28 heavy (non-hydrogen) atoms. The second kappa shape index (κ2) is 9.44. The lowest BCUT2D eigenvalue weighted by atomic mass is 10.1. The monoisotopic (exact) mass is 386 g/mol. The fourth-order valence-corrected chi connectivity index (χ4v) is 3.24. The molecule has 1 saturated heterocycles. The van der Waals surface area contributed by atoms with E-state index in [-0.39, 0.29) is 11.7 Å². The van der Waals surface area contributed by atoms with Gasteiger partial charge in [-0.3, -0.25) is 4.79 Å². The molecule has 2 aromatic carbocycles. The van der Waals surface area contributed by atoms with Crippen LogP contribution in [0.25, 0.3) is 0 Å². The first kappa shape index (κ1) is 20.0. The van der Waals surface area contributed by atoms with Crippen LogP contribution in [-0.2, 0) is 0 Å². The third kappa shape index (κ3) is 4.74. The molecule has 0 radical (unpaired) electrons. The standard InChI is InChI=1S/C22H27FN2O3/c1-3-15-28-20-10-5-17(16-21(20)27-4-2)22(26)25-13-11-24(12-14-25)19-8-6-18(23)7-9-19/h5-10,16H,3-4,11-15H2,1-2H3. The van der Waals surface area contributed by atoms with Crippen molar-refractivity contribution in [3.8, 4) is 11.5 Å². The van der Waals surface area contributed by atoms with Crippen molar-refractivity contribution in [2.24, 2.45) is 0 Å². The third-order valence-electron chi connectivity index (χ3n) is 4.71. The number of carbonyl (C=O) groups excluding carboxylic acids is 1. The maximum Gasteiger partial charge on any atom is 0.254 e. The van der Waals surface area contributed by atoms with Crippen molar-refractivity contribution in [3.63, 3.8) is 0 Å². The van der Waals surface area contributed by atoms with Crippen LogP contribution >= 0.6 is 0 Å². The number of hydrogen-bond acceptors (Lipinski definition) is 4. The summed E-state index contributed by atoms with van der Waals surface area (Å²) in [4.78, 5) is 16.9. The van der Waals surface area contributed by atoms with E-state index in [0.717, 1.165) is 12.1 Å². The number of benzene rings is 2. The molecule has 3 rings (SSSR count). The zero-order chi connectivity index (χ0) is 19.9. The highest BCUT2D eigenvalue weighted by atomic mass is 19.1. The molecule has 0 aromatic heterocycles. The zero-order valence-corrected chi connectivity index (χ0v) is 16.5. The lowest BCUT2D eigenvalue weighted by Crippen LogP contribution is -2.48.